The average molecular weight is 429 g/mol. The lowest BCUT2D eigenvalue weighted by Gasteiger charge is -2.30. The van der Waals surface area contributed by atoms with E-state index in [1.165, 1.54) is 5.56 Å². The van der Waals surface area contributed by atoms with Gasteiger partial charge < -0.3 is 15.0 Å². The summed E-state index contributed by atoms with van der Waals surface area (Å²) in [5.74, 6) is 0.326. The lowest BCUT2D eigenvalue weighted by molar-refractivity contribution is -0.121. The monoisotopic (exact) mass is 428 g/mol. The molecule has 1 aliphatic heterocycles. The van der Waals surface area contributed by atoms with E-state index in [0.29, 0.717) is 29.2 Å². The molecule has 1 N–H and O–H groups in total. The maximum Gasteiger partial charge on any atom is 0.265 e. The number of aryl methyl sites for hydroxylation is 1. The van der Waals surface area contributed by atoms with Crippen molar-refractivity contribution in [2.45, 2.75) is 39.7 Å². The Morgan fingerprint density at radius 1 is 1.03 bits per heavy atom. The van der Waals surface area contributed by atoms with Crippen molar-refractivity contribution < 1.29 is 14.3 Å². The number of ether oxygens (including phenoxy) is 1. The molecule has 164 valence electrons. The van der Waals surface area contributed by atoms with Crippen LogP contribution in [0.5, 0.6) is 5.75 Å². The van der Waals surface area contributed by atoms with E-state index in [4.69, 9.17) is 4.74 Å². The molecule has 0 spiro atoms. The molecule has 2 amide bonds. The number of hydrogen-bond acceptors (Lipinski definition) is 3. The van der Waals surface area contributed by atoms with Gasteiger partial charge in [-0.25, -0.2) is 0 Å². The van der Waals surface area contributed by atoms with Crippen LogP contribution >= 0.6 is 0 Å². The first-order valence-electron chi connectivity index (χ1n) is 10.8. The zero-order valence-electron chi connectivity index (χ0n) is 18.9. The Bertz CT molecular complexity index is 1160. The molecule has 0 bridgehead atoms. The maximum absolute atomic E-state index is 12.8. The van der Waals surface area contributed by atoms with Gasteiger partial charge in [0.2, 0.25) is 0 Å². The van der Waals surface area contributed by atoms with E-state index >= 15 is 0 Å². The summed E-state index contributed by atoms with van der Waals surface area (Å²) < 4.78 is 5.62. The number of anilines is 2. The Balaban J connectivity index is 1.57. The van der Waals surface area contributed by atoms with E-state index in [-0.39, 0.29) is 23.8 Å². The van der Waals surface area contributed by atoms with Crippen LogP contribution in [0, 0.1) is 6.92 Å². The van der Waals surface area contributed by atoms with Gasteiger partial charge in [-0.2, -0.15) is 0 Å². The minimum Gasteiger partial charge on any atom is -0.482 e. The van der Waals surface area contributed by atoms with Crippen LogP contribution < -0.4 is 15.0 Å². The zero-order chi connectivity index (χ0) is 22.9. The van der Waals surface area contributed by atoms with Crippen LogP contribution in [0.3, 0.4) is 0 Å². The van der Waals surface area contributed by atoms with Gasteiger partial charge in [0.05, 0.1) is 12.2 Å². The highest BCUT2D eigenvalue weighted by Crippen LogP contribution is 2.36. The van der Waals surface area contributed by atoms with Crippen molar-refractivity contribution in [3.63, 3.8) is 0 Å². The molecular weight excluding hydrogens is 400 g/mol. The average Bonchev–Trinajstić information content (AvgIpc) is 2.76. The van der Waals surface area contributed by atoms with Gasteiger partial charge in [-0.05, 0) is 59.4 Å². The standard InChI is InChI=1S/C27H28N2O3/c1-18-7-5-6-8-20(18)16-29-23-15-22(13-14-24(23)32-17-25(29)30)28-26(31)19-9-11-21(12-10-19)27(2,3)4/h5-15H,16-17H2,1-4H3,(H,28,31). The number of rotatable bonds is 4. The fourth-order valence-corrected chi connectivity index (χ4v) is 3.74. The SMILES string of the molecule is Cc1ccccc1CN1C(=O)COc2ccc(NC(=O)c3ccc(C(C)(C)C)cc3)cc21. The molecule has 0 atom stereocenters. The summed E-state index contributed by atoms with van der Waals surface area (Å²) >= 11 is 0. The van der Waals surface area contributed by atoms with Gasteiger partial charge in [0.25, 0.3) is 11.8 Å². The van der Waals surface area contributed by atoms with E-state index in [2.05, 4.69) is 26.1 Å². The summed E-state index contributed by atoms with van der Waals surface area (Å²) in [6.07, 6.45) is 0. The highest BCUT2D eigenvalue weighted by molar-refractivity contribution is 6.05. The third kappa shape index (κ3) is 4.52. The molecule has 0 saturated carbocycles. The fraction of sp³-hybridized carbons (Fsp3) is 0.259. The third-order valence-electron chi connectivity index (χ3n) is 5.76. The van der Waals surface area contributed by atoms with Gasteiger partial charge in [0.1, 0.15) is 5.75 Å². The summed E-state index contributed by atoms with van der Waals surface area (Å²) in [7, 11) is 0. The molecule has 3 aromatic rings. The number of amides is 2. The van der Waals surface area contributed by atoms with Crippen LogP contribution in [-0.4, -0.2) is 18.4 Å². The number of nitrogens with zero attached hydrogens (tertiary/aromatic N) is 1. The predicted molar refractivity (Wildman–Crippen MR) is 127 cm³/mol. The predicted octanol–water partition coefficient (Wildman–Crippen LogP) is 5.47. The molecule has 5 nitrogen and oxygen atoms in total. The molecule has 1 heterocycles. The fourth-order valence-electron chi connectivity index (χ4n) is 3.74. The smallest absolute Gasteiger partial charge is 0.265 e. The van der Waals surface area contributed by atoms with E-state index in [0.717, 1.165) is 11.1 Å². The highest BCUT2D eigenvalue weighted by atomic mass is 16.5. The second kappa shape index (κ2) is 8.50. The lowest BCUT2D eigenvalue weighted by Crippen LogP contribution is -2.38. The molecule has 4 rings (SSSR count). The van der Waals surface area contributed by atoms with Crippen LogP contribution in [0.4, 0.5) is 11.4 Å². The Kier molecular flexibility index (Phi) is 5.74. The summed E-state index contributed by atoms with van der Waals surface area (Å²) in [5.41, 5.74) is 5.25. The molecular formula is C27H28N2O3. The minimum atomic E-state index is -0.195. The van der Waals surface area contributed by atoms with Crippen molar-refractivity contribution in [1.29, 1.82) is 0 Å². The first-order chi connectivity index (χ1) is 15.2. The summed E-state index contributed by atoms with van der Waals surface area (Å²) in [6.45, 7) is 8.91. The van der Waals surface area contributed by atoms with E-state index in [1.54, 1.807) is 23.1 Å². The van der Waals surface area contributed by atoms with Crippen molar-refractivity contribution in [2.75, 3.05) is 16.8 Å². The highest BCUT2D eigenvalue weighted by Gasteiger charge is 2.26. The van der Waals surface area contributed by atoms with Crippen molar-refractivity contribution in [3.05, 3.63) is 89.0 Å². The van der Waals surface area contributed by atoms with E-state index in [1.807, 2.05) is 55.5 Å². The van der Waals surface area contributed by atoms with Crippen LogP contribution in [0.25, 0.3) is 0 Å². The largest absolute Gasteiger partial charge is 0.482 e. The van der Waals surface area contributed by atoms with Crippen molar-refractivity contribution in [2.24, 2.45) is 0 Å². The Labute approximate surface area is 189 Å². The number of benzene rings is 3. The molecule has 0 radical (unpaired) electrons. The van der Waals surface area contributed by atoms with E-state index in [9.17, 15) is 9.59 Å². The van der Waals surface area contributed by atoms with Crippen molar-refractivity contribution in [3.8, 4) is 5.75 Å². The maximum atomic E-state index is 12.8. The molecule has 0 aromatic heterocycles. The van der Waals surface area contributed by atoms with Gasteiger partial charge in [-0.1, -0.05) is 57.2 Å². The number of carbonyl (C=O) groups is 2. The van der Waals surface area contributed by atoms with Crippen LogP contribution in [0.2, 0.25) is 0 Å². The number of carbonyl (C=O) groups excluding carboxylic acids is 2. The summed E-state index contributed by atoms with van der Waals surface area (Å²) in [6, 6.07) is 21.0. The van der Waals surface area contributed by atoms with Crippen molar-refractivity contribution in [1.82, 2.24) is 0 Å². The third-order valence-corrected chi connectivity index (χ3v) is 5.76. The second-order valence-electron chi connectivity index (χ2n) is 9.16. The molecule has 0 aliphatic carbocycles. The lowest BCUT2D eigenvalue weighted by atomic mass is 9.87. The normalized spacial score (nSPS) is 13.4. The van der Waals surface area contributed by atoms with Gasteiger partial charge in [-0.15, -0.1) is 0 Å². The van der Waals surface area contributed by atoms with Crippen LogP contribution in [-0.2, 0) is 16.8 Å². The number of hydrogen-bond donors (Lipinski definition) is 1. The van der Waals surface area contributed by atoms with Crippen molar-refractivity contribution >= 4 is 23.2 Å². The molecule has 1 aliphatic rings. The van der Waals surface area contributed by atoms with Gasteiger partial charge >= 0.3 is 0 Å². The zero-order valence-corrected chi connectivity index (χ0v) is 18.9. The first kappa shape index (κ1) is 21.6. The van der Waals surface area contributed by atoms with Crippen LogP contribution in [0.1, 0.15) is 47.8 Å². The quantitative estimate of drug-likeness (QED) is 0.599. The minimum absolute atomic E-state index is 0.00468. The molecule has 0 saturated heterocycles. The van der Waals surface area contributed by atoms with Gasteiger partial charge in [-0.3, -0.25) is 9.59 Å². The number of fused-ring (bicyclic) bond motifs is 1. The molecule has 3 aromatic carbocycles. The first-order valence-corrected chi connectivity index (χ1v) is 10.8. The Morgan fingerprint density at radius 3 is 2.44 bits per heavy atom. The van der Waals surface area contributed by atoms with Gasteiger partial charge in [0, 0.05) is 11.3 Å². The topological polar surface area (TPSA) is 58.6 Å². The second-order valence-corrected chi connectivity index (χ2v) is 9.16. The molecule has 0 unspecified atom stereocenters. The Hall–Kier alpha value is -3.60. The molecule has 0 fully saturated rings. The van der Waals surface area contributed by atoms with E-state index < -0.39 is 0 Å². The number of nitrogens with one attached hydrogen (secondary N) is 1. The van der Waals surface area contributed by atoms with Crippen LogP contribution in [0.15, 0.2) is 66.7 Å². The molecule has 5 heteroatoms. The molecule has 32 heavy (non-hydrogen) atoms. The Morgan fingerprint density at radius 2 is 1.75 bits per heavy atom. The summed E-state index contributed by atoms with van der Waals surface area (Å²) in [4.78, 5) is 27.2. The van der Waals surface area contributed by atoms with Gasteiger partial charge in [0.15, 0.2) is 6.61 Å². The summed E-state index contributed by atoms with van der Waals surface area (Å²) in [5, 5.41) is 2.94.